The van der Waals surface area contributed by atoms with Gasteiger partial charge in [-0.25, -0.2) is 0 Å². The fourth-order valence-corrected chi connectivity index (χ4v) is 3.35. The van der Waals surface area contributed by atoms with Crippen LogP contribution in [-0.2, 0) is 9.53 Å². The number of thioether (sulfide) groups is 1. The summed E-state index contributed by atoms with van der Waals surface area (Å²) in [5.74, 6) is 0.324. The van der Waals surface area contributed by atoms with Gasteiger partial charge in [-0.2, -0.15) is 0 Å². The van der Waals surface area contributed by atoms with Crippen LogP contribution in [-0.4, -0.2) is 67.0 Å². The van der Waals surface area contributed by atoms with E-state index in [1.165, 1.54) is 0 Å². The number of ether oxygens (including phenoxy) is 1. The SMILES string of the molecule is CN=C1NC(C)C(C(=O)CCN2CCOCC2)S1. The van der Waals surface area contributed by atoms with Crippen LogP contribution in [0.15, 0.2) is 4.99 Å². The minimum absolute atomic E-state index is 0.0183. The van der Waals surface area contributed by atoms with Gasteiger partial charge in [-0.1, -0.05) is 11.8 Å². The highest BCUT2D eigenvalue weighted by Gasteiger charge is 2.33. The Kier molecular flexibility index (Phi) is 5.03. The number of ketones is 1. The molecule has 0 saturated carbocycles. The monoisotopic (exact) mass is 271 g/mol. The summed E-state index contributed by atoms with van der Waals surface area (Å²) in [5.41, 5.74) is 0. The molecule has 0 bridgehead atoms. The Bertz CT molecular complexity index is 329. The first-order valence-electron chi connectivity index (χ1n) is 6.43. The first-order chi connectivity index (χ1) is 8.70. The van der Waals surface area contributed by atoms with E-state index in [4.69, 9.17) is 4.74 Å². The Balaban J connectivity index is 1.77. The van der Waals surface area contributed by atoms with Gasteiger partial charge in [0.2, 0.25) is 0 Å². The first-order valence-corrected chi connectivity index (χ1v) is 7.31. The summed E-state index contributed by atoms with van der Waals surface area (Å²) in [6.45, 7) is 6.36. The zero-order valence-electron chi connectivity index (χ0n) is 11.0. The van der Waals surface area contributed by atoms with Crippen LogP contribution >= 0.6 is 11.8 Å². The Hall–Kier alpha value is -0.590. The van der Waals surface area contributed by atoms with Gasteiger partial charge < -0.3 is 10.1 Å². The van der Waals surface area contributed by atoms with Crippen molar-refractivity contribution < 1.29 is 9.53 Å². The van der Waals surface area contributed by atoms with Gasteiger partial charge in [-0.15, -0.1) is 0 Å². The van der Waals surface area contributed by atoms with Crippen molar-refractivity contribution in [2.75, 3.05) is 39.9 Å². The van der Waals surface area contributed by atoms with Crippen LogP contribution in [0.4, 0.5) is 0 Å². The third-order valence-corrected chi connectivity index (χ3v) is 4.79. The van der Waals surface area contributed by atoms with E-state index in [-0.39, 0.29) is 11.3 Å². The quantitative estimate of drug-likeness (QED) is 0.800. The number of nitrogens with one attached hydrogen (secondary N) is 1. The number of nitrogens with zero attached hydrogens (tertiary/aromatic N) is 2. The number of rotatable bonds is 4. The molecule has 0 radical (unpaired) electrons. The molecule has 5 nitrogen and oxygen atoms in total. The highest BCUT2D eigenvalue weighted by atomic mass is 32.2. The van der Waals surface area contributed by atoms with Crippen molar-refractivity contribution in [3.05, 3.63) is 0 Å². The summed E-state index contributed by atoms with van der Waals surface area (Å²) in [5, 5.41) is 4.13. The van der Waals surface area contributed by atoms with Crippen molar-refractivity contribution in [3.63, 3.8) is 0 Å². The van der Waals surface area contributed by atoms with Gasteiger partial charge in [0.25, 0.3) is 0 Å². The normalized spacial score (nSPS) is 31.6. The van der Waals surface area contributed by atoms with E-state index >= 15 is 0 Å². The summed E-state index contributed by atoms with van der Waals surface area (Å²) in [6, 6.07) is 0.186. The first kappa shape index (κ1) is 13.8. The fourth-order valence-electron chi connectivity index (χ4n) is 2.22. The number of hydrogen-bond acceptors (Lipinski definition) is 5. The van der Waals surface area contributed by atoms with Crippen molar-refractivity contribution in [2.24, 2.45) is 4.99 Å². The van der Waals surface area contributed by atoms with Gasteiger partial charge in [0.15, 0.2) is 5.17 Å². The zero-order valence-corrected chi connectivity index (χ0v) is 11.8. The van der Waals surface area contributed by atoms with Crippen LogP contribution in [0.5, 0.6) is 0 Å². The molecular formula is C12H21N3O2S. The van der Waals surface area contributed by atoms with E-state index in [1.54, 1.807) is 18.8 Å². The molecule has 2 saturated heterocycles. The Morgan fingerprint density at radius 3 is 2.89 bits per heavy atom. The summed E-state index contributed by atoms with van der Waals surface area (Å²) in [6.07, 6.45) is 0.626. The molecule has 0 aromatic carbocycles. The summed E-state index contributed by atoms with van der Waals surface area (Å²) in [7, 11) is 1.75. The van der Waals surface area contributed by atoms with Gasteiger partial charge in [0.1, 0.15) is 5.78 Å². The van der Waals surface area contributed by atoms with Crippen molar-refractivity contribution in [1.82, 2.24) is 10.2 Å². The third-order valence-electron chi connectivity index (χ3n) is 3.34. The largest absolute Gasteiger partial charge is 0.379 e. The average Bonchev–Trinajstić information content (AvgIpc) is 2.78. The van der Waals surface area contributed by atoms with Crippen LogP contribution in [0.25, 0.3) is 0 Å². The summed E-state index contributed by atoms with van der Waals surface area (Å²) in [4.78, 5) is 18.6. The smallest absolute Gasteiger partial charge is 0.157 e. The highest BCUT2D eigenvalue weighted by Crippen LogP contribution is 2.25. The number of hydrogen-bond donors (Lipinski definition) is 1. The average molecular weight is 271 g/mol. The minimum Gasteiger partial charge on any atom is -0.379 e. The van der Waals surface area contributed by atoms with Crippen molar-refractivity contribution in [3.8, 4) is 0 Å². The lowest BCUT2D eigenvalue weighted by atomic mass is 10.1. The molecule has 2 aliphatic rings. The van der Waals surface area contributed by atoms with Gasteiger partial charge in [0.05, 0.1) is 18.5 Å². The molecule has 1 N–H and O–H groups in total. The lowest BCUT2D eigenvalue weighted by Crippen LogP contribution is -2.39. The Morgan fingerprint density at radius 2 is 2.28 bits per heavy atom. The molecular weight excluding hydrogens is 250 g/mol. The van der Waals surface area contributed by atoms with Crippen molar-refractivity contribution in [2.45, 2.75) is 24.6 Å². The van der Waals surface area contributed by atoms with Crippen LogP contribution < -0.4 is 5.32 Å². The second-order valence-corrected chi connectivity index (χ2v) is 5.80. The number of morpholine rings is 1. The predicted octanol–water partition coefficient (Wildman–Crippen LogP) is 0.357. The number of amidine groups is 1. The van der Waals surface area contributed by atoms with Crippen molar-refractivity contribution >= 4 is 22.7 Å². The number of carbonyl (C=O) groups is 1. The van der Waals surface area contributed by atoms with Crippen LogP contribution in [0.3, 0.4) is 0 Å². The number of aliphatic imine (C=N–C) groups is 1. The number of carbonyl (C=O) groups excluding carboxylic acids is 1. The van der Waals surface area contributed by atoms with E-state index in [2.05, 4.69) is 15.2 Å². The Morgan fingerprint density at radius 1 is 1.56 bits per heavy atom. The molecule has 0 aliphatic carbocycles. The molecule has 0 spiro atoms. The summed E-state index contributed by atoms with van der Waals surface area (Å²) < 4.78 is 5.30. The topological polar surface area (TPSA) is 53.9 Å². The maximum Gasteiger partial charge on any atom is 0.157 e. The second kappa shape index (κ2) is 6.54. The van der Waals surface area contributed by atoms with E-state index in [9.17, 15) is 4.79 Å². The third kappa shape index (κ3) is 3.46. The molecule has 0 aromatic rings. The zero-order chi connectivity index (χ0) is 13.0. The van der Waals surface area contributed by atoms with Gasteiger partial charge in [-0.3, -0.25) is 14.7 Å². The minimum atomic E-state index is 0.0183. The molecule has 0 amide bonds. The van der Waals surface area contributed by atoms with Crippen LogP contribution in [0, 0.1) is 0 Å². The molecule has 2 atom stereocenters. The van der Waals surface area contributed by atoms with Crippen molar-refractivity contribution in [1.29, 1.82) is 0 Å². The van der Waals surface area contributed by atoms with E-state index < -0.39 is 0 Å². The highest BCUT2D eigenvalue weighted by molar-refractivity contribution is 8.15. The van der Waals surface area contributed by atoms with E-state index in [0.29, 0.717) is 12.2 Å². The maximum absolute atomic E-state index is 12.2. The molecule has 102 valence electrons. The lowest BCUT2D eigenvalue weighted by Gasteiger charge is -2.26. The molecule has 2 fully saturated rings. The fraction of sp³-hybridized carbons (Fsp3) is 0.833. The maximum atomic E-state index is 12.2. The molecule has 6 heteroatoms. The molecule has 2 aliphatic heterocycles. The second-order valence-electron chi connectivity index (χ2n) is 4.67. The molecule has 2 heterocycles. The lowest BCUT2D eigenvalue weighted by molar-refractivity contribution is -0.119. The Labute approximate surface area is 112 Å². The standard InChI is InChI=1S/C12H21N3O2S/c1-9-11(18-12(13-2)14-9)10(16)3-4-15-5-7-17-8-6-15/h9,11H,3-8H2,1-2H3,(H,13,14). The van der Waals surface area contributed by atoms with Crippen LogP contribution in [0.1, 0.15) is 13.3 Å². The van der Waals surface area contributed by atoms with E-state index in [1.807, 2.05) is 6.92 Å². The molecule has 2 rings (SSSR count). The number of Topliss-reactive ketones (excluding diaryl/α,β-unsaturated/α-hetero) is 1. The molecule has 2 unspecified atom stereocenters. The molecule has 18 heavy (non-hydrogen) atoms. The van der Waals surface area contributed by atoms with Gasteiger partial charge in [0, 0.05) is 39.1 Å². The van der Waals surface area contributed by atoms with Gasteiger partial charge in [-0.05, 0) is 6.92 Å². The van der Waals surface area contributed by atoms with E-state index in [0.717, 1.165) is 38.0 Å². The predicted molar refractivity (Wildman–Crippen MR) is 74.2 cm³/mol. The summed E-state index contributed by atoms with van der Waals surface area (Å²) >= 11 is 1.56. The molecule has 0 aromatic heterocycles. The van der Waals surface area contributed by atoms with Gasteiger partial charge >= 0.3 is 0 Å². The van der Waals surface area contributed by atoms with Crippen LogP contribution in [0.2, 0.25) is 0 Å².